The summed E-state index contributed by atoms with van der Waals surface area (Å²) in [5.74, 6) is 2.12. The van der Waals surface area contributed by atoms with Gasteiger partial charge in [-0.25, -0.2) is 14.8 Å². The molecule has 0 radical (unpaired) electrons. The molecule has 0 aromatic heterocycles. The summed E-state index contributed by atoms with van der Waals surface area (Å²) in [7, 11) is -0.616. The van der Waals surface area contributed by atoms with Crippen LogP contribution < -0.4 is 0 Å². The lowest BCUT2D eigenvalue weighted by atomic mass is 10.3. The largest absolute Gasteiger partial charge is 0.509 e. The predicted molar refractivity (Wildman–Crippen MR) is 55.7 cm³/mol. The molecule has 4 heteroatoms. The molecule has 1 saturated heterocycles. The number of rotatable bonds is 3. The molecular weight excluding hydrogens is 188 g/mol. The summed E-state index contributed by atoms with van der Waals surface area (Å²) in [5, 5.41) is 0. The van der Waals surface area contributed by atoms with E-state index in [0.29, 0.717) is 0 Å². The van der Waals surface area contributed by atoms with E-state index in [1.807, 2.05) is 6.92 Å². The van der Waals surface area contributed by atoms with Crippen LogP contribution >= 0.6 is 10.0 Å². The van der Waals surface area contributed by atoms with Gasteiger partial charge in [0.15, 0.2) is 0 Å². The van der Waals surface area contributed by atoms with Crippen molar-refractivity contribution in [3.8, 4) is 0 Å². The van der Waals surface area contributed by atoms with Crippen molar-refractivity contribution in [2.24, 2.45) is 0 Å². The quantitative estimate of drug-likeness (QED) is 0.662. The predicted octanol–water partition coefficient (Wildman–Crippen LogP) is 1.99. The van der Waals surface area contributed by atoms with Crippen LogP contribution in [0.25, 0.3) is 0 Å². The van der Waals surface area contributed by atoms with Gasteiger partial charge in [0.1, 0.15) is 12.2 Å². The van der Waals surface area contributed by atoms with Gasteiger partial charge in [-0.05, 0) is 25.2 Å². The first-order valence-electron chi connectivity index (χ1n) is 4.50. The van der Waals surface area contributed by atoms with Crippen LogP contribution in [0, 0.1) is 0 Å². The van der Waals surface area contributed by atoms with E-state index in [4.69, 9.17) is 9.47 Å². The molecule has 0 aliphatic carbocycles. The summed E-state index contributed by atoms with van der Waals surface area (Å²) in [6, 6.07) is 0. The number of carbonyl (C=O) groups is 1. The molecule has 0 aromatic carbocycles. The SMILES string of the molecule is CCS(C)(C)CC1OC(=O)OC1C. The highest BCUT2D eigenvalue weighted by Gasteiger charge is 2.35. The molecule has 78 valence electrons. The fourth-order valence-electron chi connectivity index (χ4n) is 1.21. The maximum atomic E-state index is 10.8. The molecule has 0 spiro atoms. The average Bonchev–Trinajstić information content (AvgIpc) is 2.30. The Morgan fingerprint density at radius 1 is 1.38 bits per heavy atom. The van der Waals surface area contributed by atoms with Gasteiger partial charge < -0.3 is 9.47 Å². The summed E-state index contributed by atoms with van der Waals surface area (Å²) in [6.07, 6.45) is 3.89. The fourth-order valence-corrected chi connectivity index (χ4v) is 2.67. The first kappa shape index (κ1) is 10.7. The van der Waals surface area contributed by atoms with Gasteiger partial charge in [0.05, 0.1) is 0 Å². The van der Waals surface area contributed by atoms with Crippen molar-refractivity contribution in [1.29, 1.82) is 0 Å². The molecule has 3 nitrogen and oxygen atoms in total. The third kappa shape index (κ3) is 2.79. The second-order valence-corrected chi connectivity index (χ2v) is 8.40. The summed E-state index contributed by atoms with van der Waals surface area (Å²) >= 11 is 0. The van der Waals surface area contributed by atoms with Gasteiger partial charge in [0.25, 0.3) is 0 Å². The van der Waals surface area contributed by atoms with Gasteiger partial charge >= 0.3 is 6.16 Å². The molecule has 1 heterocycles. The van der Waals surface area contributed by atoms with Gasteiger partial charge in [-0.1, -0.05) is 6.92 Å². The lowest BCUT2D eigenvalue weighted by Crippen LogP contribution is -2.27. The Bertz CT molecular complexity index is 203. The highest BCUT2D eigenvalue weighted by molar-refractivity contribution is 8.32. The molecule has 2 atom stereocenters. The van der Waals surface area contributed by atoms with Gasteiger partial charge in [-0.2, -0.15) is 0 Å². The van der Waals surface area contributed by atoms with Crippen molar-refractivity contribution < 1.29 is 14.3 Å². The van der Waals surface area contributed by atoms with E-state index in [9.17, 15) is 4.79 Å². The van der Waals surface area contributed by atoms with Crippen molar-refractivity contribution in [1.82, 2.24) is 0 Å². The molecule has 0 amide bonds. The van der Waals surface area contributed by atoms with Crippen molar-refractivity contribution in [2.75, 3.05) is 24.0 Å². The summed E-state index contributed by atoms with van der Waals surface area (Å²) in [5.41, 5.74) is 0. The fraction of sp³-hybridized carbons (Fsp3) is 0.889. The monoisotopic (exact) mass is 206 g/mol. The molecule has 2 unspecified atom stereocenters. The lowest BCUT2D eigenvalue weighted by molar-refractivity contribution is 0.119. The van der Waals surface area contributed by atoms with E-state index in [1.165, 1.54) is 0 Å². The summed E-state index contributed by atoms with van der Waals surface area (Å²) in [6.45, 7) is 4.07. The molecule has 1 aliphatic rings. The highest BCUT2D eigenvalue weighted by atomic mass is 32.3. The van der Waals surface area contributed by atoms with Crippen LogP contribution in [0.3, 0.4) is 0 Å². The van der Waals surface area contributed by atoms with E-state index in [2.05, 4.69) is 19.4 Å². The minimum Gasteiger partial charge on any atom is -0.427 e. The number of ether oxygens (including phenoxy) is 2. The molecule has 0 aromatic rings. The Morgan fingerprint density at radius 3 is 2.38 bits per heavy atom. The van der Waals surface area contributed by atoms with E-state index >= 15 is 0 Å². The van der Waals surface area contributed by atoms with Crippen LogP contribution in [0.2, 0.25) is 0 Å². The average molecular weight is 206 g/mol. The zero-order valence-electron chi connectivity index (χ0n) is 8.70. The maximum absolute atomic E-state index is 10.8. The van der Waals surface area contributed by atoms with Gasteiger partial charge in [-0.15, -0.1) is 0 Å². The first-order chi connectivity index (χ1) is 5.94. The Balaban J connectivity index is 2.50. The second kappa shape index (κ2) is 3.78. The molecule has 0 N–H and O–H groups in total. The van der Waals surface area contributed by atoms with Crippen molar-refractivity contribution in [2.45, 2.75) is 26.1 Å². The zero-order chi connectivity index (χ0) is 10.1. The van der Waals surface area contributed by atoms with Crippen LogP contribution in [-0.2, 0) is 9.47 Å². The van der Waals surface area contributed by atoms with E-state index in [0.717, 1.165) is 11.5 Å². The summed E-state index contributed by atoms with van der Waals surface area (Å²) in [4.78, 5) is 10.8. The Hall–Kier alpha value is -0.380. The molecule has 1 fully saturated rings. The third-order valence-electron chi connectivity index (χ3n) is 2.45. The number of hydrogen-bond acceptors (Lipinski definition) is 3. The van der Waals surface area contributed by atoms with Crippen LogP contribution in [0.1, 0.15) is 13.8 Å². The van der Waals surface area contributed by atoms with Crippen LogP contribution in [-0.4, -0.2) is 42.4 Å². The number of cyclic esters (lactones) is 2. The maximum Gasteiger partial charge on any atom is 0.509 e. The van der Waals surface area contributed by atoms with Crippen LogP contribution in [0.4, 0.5) is 4.79 Å². The van der Waals surface area contributed by atoms with Crippen molar-refractivity contribution in [3.05, 3.63) is 0 Å². The Kier molecular flexibility index (Phi) is 3.11. The molecule has 1 rings (SSSR count). The standard InChI is InChI=1S/C9H18O3S/c1-5-13(3,4)6-8-7(2)11-9(10)12-8/h7-8H,5-6H2,1-4H3. The lowest BCUT2D eigenvalue weighted by Gasteiger charge is -2.31. The number of carbonyl (C=O) groups excluding carboxylic acids is 1. The van der Waals surface area contributed by atoms with E-state index in [1.54, 1.807) is 0 Å². The van der Waals surface area contributed by atoms with Crippen LogP contribution in [0.15, 0.2) is 0 Å². The normalized spacial score (nSPS) is 29.7. The second-order valence-electron chi connectivity index (χ2n) is 3.95. The van der Waals surface area contributed by atoms with Crippen molar-refractivity contribution in [3.63, 3.8) is 0 Å². The van der Waals surface area contributed by atoms with E-state index in [-0.39, 0.29) is 12.2 Å². The molecule has 0 saturated carbocycles. The van der Waals surface area contributed by atoms with Gasteiger partial charge in [0, 0.05) is 5.75 Å². The minimum absolute atomic E-state index is 0.0301. The van der Waals surface area contributed by atoms with Gasteiger partial charge in [0.2, 0.25) is 0 Å². The molecule has 13 heavy (non-hydrogen) atoms. The zero-order valence-corrected chi connectivity index (χ0v) is 9.52. The first-order valence-corrected chi connectivity index (χ1v) is 7.29. The van der Waals surface area contributed by atoms with E-state index < -0.39 is 16.2 Å². The molecule has 1 aliphatic heterocycles. The third-order valence-corrected chi connectivity index (χ3v) is 5.24. The number of hydrogen-bond donors (Lipinski definition) is 0. The summed E-state index contributed by atoms with van der Waals surface area (Å²) < 4.78 is 9.99. The van der Waals surface area contributed by atoms with Crippen LogP contribution in [0.5, 0.6) is 0 Å². The Morgan fingerprint density at radius 2 is 2.00 bits per heavy atom. The topological polar surface area (TPSA) is 35.5 Å². The molecular formula is C9H18O3S. The minimum atomic E-state index is -0.616. The molecule has 0 bridgehead atoms. The Labute approximate surface area is 81.1 Å². The smallest absolute Gasteiger partial charge is 0.427 e. The van der Waals surface area contributed by atoms with Crippen molar-refractivity contribution >= 4 is 16.2 Å². The highest BCUT2D eigenvalue weighted by Crippen LogP contribution is 2.41. The van der Waals surface area contributed by atoms with Gasteiger partial charge in [-0.3, -0.25) is 0 Å².